The molecule has 5 N–H and O–H groups in total. The monoisotopic (exact) mass is 205 g/mol. The lowest BCUT2D eigenvalue weighted by Crippen LogP contribution is -2.32. The van der Waals surface area contributed by atoms with Gasteiger partial charge in [-0.1, -0.05) is 18.2 Å². The van der Waals surface area contributed by atoms with Crippen LogP contribution in [0.1, 0.15) is 0 Å². The van der Waals surface area contributed by atoms with Gasteiger partial charge in [-0.05, 0) is 6.07 Å². The van der Waals surface area contributed by atoms with E-state index >= 15 is 0 Å². The van der Waals surface area contributed by atoms with Crippen LogP contribution in [-0.4, -0.2) is 29.3 Å². The molecule has 0 saturated carbocycles. The Labute approximate surface area is 88.1 Å². The fourth-order valence-electron chi connectivity index (χ4n) is 1.52. The summed E-state index contributed by atoms with van der Waals surface area (Å²) in [5, 5.41) is 13.1. The standard InChI is InChI=1S/C11H15N3O/c12-8(7-15)5-13-11-6-14-10-4-2-1-3-9(10)11/h1-4,6,8,13-15H,5,7,12H2. The van der Waals surface area contributed by atoms with Crippen molar-refractivity contribution in [3.63, 3.8) is 0 Å². The van der Waals surface area contributed by atoms with E-state index in [0.29, 0.717) is 6.54 Å². The van der Waals surface area contributed by atoms with Crippen molar-refractivity contribution in [3.05, 3.63) is 30.5 Å². The van der Waals surface area contributed by atoms with E-state index in [-0.39, 0.29) is 12.6 Å². The molecule has 4 heteroatoms. The van der Waals surface area contributed by atoms with Crippen molar-refractivity contribution in [2.24, 2.45) is 5.73 Å². The summed E-state index contributed by atoms with van der Waals surface area (Å²) in [6.07, 6.45) is 1.91. The molecule has 80 valence electrons. The third-order valence-electron chi connectivity index (χ3n) is 2.38. The van der Waals surface area contributed by atoms with Gasteiger partial charge in [0.2, 0.25) is 0 Å². The molecule has 1 aromatic carbocycles. The quantitative estimate of drug-likeness (QED) is 0.599. The van der Waals surface area contributed by atoms with Crippen LogP contribution < -0.4 is 11.1 Å². The number of anilines is 1. The van der Waals surface area contributed by atoms with Crippen LogP contribution in [0, 0.1) is 0 Å². The van der Waals surface area contributed by atoms with Gasteiger partial charge in [-0.2, -0.15) is 0 Å². The maximum Gasteiger partial charge on any atom is 0.0599 e. The lowest BCUT2D eigenvalue weighted by Gasteiger charge is -2.09. The normalized spacial score (nSPS) is 12.9. The molecule has 1 heterocycles. The van der Waals surface area contributed by atoms with E-state index < -0.39 is 0 Å². The van der Waals surface area contributed by atoms with Gasteiger partial charge in [-0.25, -0.2) is 0 Å². The van der Waals surface area contributed by atoms with Crippen LogP contribution in [0.15, 0.2) is 30.5 Å². The van der Waals surface area contributed by atoms with E-state index in [1.54, 1.807) is 0 Å². The summed E-state index contributed by atoms with van der Waals surface area (Å²) >= 11 is 0. The van der Waals surface area contributed by atoms with E-state index in [2.05, 4.69) is 10.3 Å². The van der Waals surface area contributed by atoms with Gasteiger partial charge in [-0.3, -0.25) is 0 Å². The fourth-order valence-corrected chi connectivity index (χ4v) is 1.52. The highest BCUT2D eigenvalue weighted by molar-refractivity contribution is 5.92. The molecule has 1 aromatic heterocycles. The average Bonchev–Trinajstić information content (AvgIpc) is 2.69. The number of nitrogens with two attached hydrogens (primary N) is 1. The van der Waals surface area contributed by atoms with Crippen LogP contribution in [0.2, 0.25) is 0 Å². The van der Waals surface area contributed by atoms with Gasteiger partial charge in [0.1, 0.15) is 0 Å². The molecular weight excluding hydrogens is 190 g/mol. The molecule has 15 heavy (non-hydrogen) atoms. The summed E-state index contributed by atoms with van der Waals surface area (Å²) in [6, 6.07) is 7.82. The summed E-state index contributed by atoms with van der Waals surface area (Å²) in [7, 11) is 0. The van der Waals surface area contributed by atoms with Gasteiger partial charge >= 0.3 is 0 Å². The number of para-hydroxylation sites is 1. The maximum absolute atomic E-state index is 8.80. The van der Waals surface area contributed by atoms with Crippen molar-refractivity contribution in [1.29, 1.82) is 0 Å². The smallest absolute Gasteiger partial charge is 0.0599 e. The highest BCUT2D eigenvalue weighted by atomic mass is 16.3. The fraction of sp³-hybridized carbons (Fsp3) is 0.273. The van der Waals surface area contributed by atoms with Crippen LogP contribution >= 0.6 is 0 Å². The number of aliphatic hydroxyl groups excluding tert-OH is 1. The number of fused-ring (bicyclic) bond motifs is 1. The van der Waals surface area contributed by atoms with Crippen LogP contribution in [0.3, 0.4) is 0 Å². The Bertz CT molecular complexity index is 438. The number of rotatable bonds is 4. The van der Waals surface area contributed by atoms with Gasteiger partial charge < -0.3 is 21.1 Å². The molecule has 0 saturated heterocycles. The minimum absolute atomic E-state index is 0.00461. The van der Waals surface area contributed by atoms with Crippen molar-refractivity contribution in [2.75, 3.05) is 18.5 Å². The Hall–Kier alpha value is -1.52. The van der Waals surface area contributed by atoms with Crippen LogP contribution in [0.5, 0.6) is 0 Å². The predicted octanol–water partition coefficient (Wildman–Crippen LogP) is 0.899. The van der Waals surface area contributed by atoms with E-state index in [9.17, 15) is 0 Å². The first-order chi connectivity index (χ1) is 7.31. The third kappa shape index (κ3) is 2.11. The maximum atomic E-state index is 8.80. The highest BCUT2D eigenvalue weighted by Gasteiger charge is 2.04. The first kappa shape index (κ1) is 10.0. The van der Waals surface area contributed by atoms with Gasteiger partial charge in [0.15, 0.2) is 0 Å². The summed E-state index contributed by atoms with van der Waals surface area (Å²) in [5.74, 6) is 0. The second kappa shape index (κ2) is 4.33. The number of H-pyrrole nitrogens is 1. The zero-order chi connectivity index (χ0) is 10.7. The third-order valence-corrected chi connectivity index (χ3v) is 2.38. The lowest BCUT2D eigenvalue weighted by molar-refractivity contribution is 0.270. The Morgan fingerprint density at radius 3 is 3.00 bits per heavy atom. The second-order valence-electron chi connectivity index (χ2n) is 3.57. The molecule has 1 atom stereocenters. The van der Waals surface area contributed by atoms with Crippen molar-refractivity contribution in [2.45, 2.75) is 6.04 Å². The van der Waals surface area contributed by atoms with Crippen molar-refractivity contribution in [1.82, 2.24) is 4.98 Å². The first-order valence-electron chi connectivity index (χ1n) is 4.97. The lowest BCUT2D eigenvalue weighted by atomic mass is 10.2. The first-order valence-corrected chi connectivity index (χ1v) is 4.97. The van der Waals surface area contributed by atoms with Crippen LogP contribution in [0.25, 0.3) is 10.9 Å². The molecule has 1 unspecified atom stereocenters. The van der Waals surface area contributed by atoms with E-state index in [1.807, 2.05) is 30.5 Å². The second-order valence-corrected chi connectivity index (χ2v) is 3.57. The summed E-state index contributed by atoms with van der Waals surface area (Å²) in [6.45, 7) is 0.563. The average molecular weight is 205 g/mol. The molecule has 0 spiro atoms. The number of nitrogens with one attached hydrogen (secondary N) is 2. The number of aliphatic hydroxyl groups is 1. The summed E-state index contributed by atoms with van der Waals surface area (Å²) in [5.41, 5.74) is 7.73. The minimum Gasteiger partial charge on any atom is -0.395 e. The van der Waals surface area contributed by atoms with Gasteiger partial charge in [0, 0.05) is 29.7 Å². The molecule has 0 aliphatic rings. The molecule has 0 amide bonds. The summed E-state index contributed by atoms with van der Waals surface area (Å²) < 4.78 is 0. The van der Waals surface area contributed by atoms with Crippen molar-refractivity contribution in [3.8, 4) is 0 Å². The Morgan fingerprint density at radius 1 is 1.40 bits per heavy atom. The molecule has 0 fully saturated rings. The Morgan fingerprint density at radius 2 is 2.20 bits per heavy atom. The molecule has 4 nitrogen and oxygen atoms in total. The van der Waals surface area contributed by atoms with E-state index in [4.69, 9.17) is 10.8 Å². The number of aromatic amines is 1. The zero-order valence-electron chi connectivity index (χ0n) is 8.40. The number of hydrogen-bond acceptors (Lipinski definition) is 3. The molecule has 0 aliphatic heterocycles. The number of aromatic nitrogens is 1. The largest absolute Gasteiger partial charge is 0.395 e. The van der Waals surface area contributed by atoms with Crippen LogP contribution in [0.4, 0.5) is 5.69 Å². The minimum atomic E-state index is -0.223. The van der Waals surface area contributed by atoms with E-state index in [0.717, 1.165) is 16.6 Å². The van der Waals surface area contributed by atoms with Crippen LogP contribution in [-0.2, 0) is 0 Å². The molecule has 2 aromatic rings. The SMILES string of the molecule is NC(CO)CNc1c[nH]c2ccccc12. The Kier molecular flexibility index (Phi) is 2.89. The highest BCUT2D eigenvalue weighted by Crippen LogP contribution is 2.21. The van der Waals surface area contributed by atoms with E-state index in [1.165, 1.54) is 0 Å². The predicted molar refractivity (Wildman–Crippen MR) is 61.8 cm³/mol. The van der Waals surface area contributed by atoms with Gasteiger partial charge in [0.25, 0.3) is 0 Å². The van der Waals surface area contributed by atoms with Crippen molar-refractivity contribution < 1.29 is 5.11 Å². The molecule has 0 aliphatic carbocycles. The number of hydrogen-bond donors (Lipinski definition) is 4. The molecule has 2 rings (SSSR count). The Balaban J connectivity index is 2.14. The topological polar surface area (TPSA) is 74.1 Å². The number of benzene rings is 1. The summed E-state index contributed by atoms with van der Waals surface area (Å²) in [4.78, 5) is 3.16. The molecule has 0 bridgehead atoms. The van der Waals surface area contributed by atoms with Gasteiger partial charge in [-0.15, -0.1) is 0 Å². The van der Waals surface area contributed by atoms with Crippen molar-refractivity contribution >= 4 is 16.6 Å². The zero-order valence-corrected chi connectivity index (χ0v) is 8.40. The van der Waals surface area contributed by atoms with Gasteiger partial charge in [0.05, 0.1) is 12.3 Å². The molecular formula is C11H15N3O. The molecule has 0 radical (unpaired) electrons.